The Bertz CT molecular complexity index is 656. The minimum Gasteiger partial charge on any atom is -0.494 e. The zero-order valence-corrected chi connectivity index (χ0v) is 19.0. The standard InChI is InChI=1S/C20H30N4O2.HI/c1-5-21-20(22-15-19(25)23(3)4)24-13-11-17(12-14-24)16-7-9-18(10-8-16)26-6-2;/h7-11H,5-6,12-15H2,1-4H3,(H,21,22);1H. The highest BCUT2D eigenvalue weighted by Gasteiger charge is 2.17. The van der Waals surface area contributed by atoms with E-state index in [1.165, 1.54) is 11.1 Å². The van der Waals surface area contributed by atoms with Crippen LogP contribution < -0.4 is 10.1 Å². The van der Waals surface area contributed by atoms with Crippen molar-refractivity contribution in [2.45, 2.75) is 20.3 Å². The van der Waals surface area contributed by atoms with Gasteiger partial charge < -0.3 is 19.9 Å². The maximum atomic E-state index is 11.8. The summed E-state index contributed by atoms with van der Waals surface area (Å²) in [6, 6.07) is 8.26. The van der Waals surface area contributed by atoms with Crippen LogP contribution in [-0.2, 0) is 4.79 Å². The summed E-state index contributed by atoms with van der Waals surface area (Å²) in [5, 5.41) is 3.28. The van der Waals surface area contributed by atoms with Crippen molar-refractivity contribution in [3.63, 3.8) is 0 Å². The van der Waals surface area contributed by atoms with E-state index in [9.17, 15) is 4.79 Å². The van der Waals surface area contributed by atoms with Crippen LogP contribution >= 0.6 is 24.0 Å². The smallest absolute Gasteiger partial charge is 0.243 e. The molecule has 0 spiro atoms. The summed E-state index contributed by atoms with van der Waals surface area (Å²) in [5.41, 5.74) is 2.57. The first-order valence-corrected chi connectivity index (χ1v) is 9.20. The number of carbonyl (C=O) groups excluding carboxylic acids is 1. The normalized spacial score (nSPS) is 14.1. The molecular formula is C20H31IN4O2. The lowest BCUT2D eigenvalue weighted by Gasteiger charge is -2.30. The molecule has 0 aliphatic carbocycles. The van der Waals surface area contributed by atoms with E-state index in [2.05, 4.69) is 33.4 Å². The number of halogens is 1. The Morgan fingerprint density at radius 1 is 1.26 bits per heavy atom. The van der Waals surface area contributed by atoms with Gasteiger partial charge in [0.15, 0.2) is 5.96 Å². The molecule has 0 unspecified atom stereocenters. The molecule has 0 bridgehead atoms. The summed E-state index contributed by atoms with van der Waals surface area (Å²) in [7, 11) is 3.50. The van der Waals surface area contributed by atoms with Crippen LogP contribution in [0.5, 0.6) is 5.75 Å². The molecule has 1 amide bonds. The molecule has 1 aromatic carbocycles. The minimum atomic E-state index is 0. The summed E-state index contributed by atoms with van der Waals surface area (Å²) in [6.07, 6.45) is 3.18. The summed E-state index contributed by atoms with van der Waals surface area (Å²) in [6.45, 7) is 7.31. The number of ether oxygens (including phenoxy) is 1. The quantitative estimate of drug-likeness (QED) is 0.382. The van der Waals surface area contributed by atoms with Crippen molar-refractivity contribution in [2.24, 2.45) is 4.99 Å². The van der Waals surface area contributed by atoms with E-state index in [1.807, 2.05) is 26.0 Å². The second-order valence-corrected chi connectivity index (χ2v) is 6.34. The predicted molar refractivity (Wildman–Crippen MR) is 122 cm³/mol. The molecule has 7 heteroatoms. The minimum absolute atomic E-state index is 0. The van der Waals surface area contributed by atoms with Crippen molar-refractivity contribution in [3.05, 3.63) is 35.9 Å². The Morgan fingerprint density at radius 2 is 1.96 bits per heavy atom. The van der Waals surface area contributed by atoms with Gasteiger partial charge in [0.25, 0.3) is 0 Å². The molecule has 2 rings (SSSR count). The van der Waals surface area contributed by atoms with Crippen LogP contribution in [0, 0.1) is 0 Å². The van der Waals surface area contributed by atoms with E-state index in [1.54, 1.807) is 19.0 Å². The molecule has 1 heterocycles. The van der Waals surface area contributed by atoms with Gasteiger partial charge in [-0.25, -0.2) is 4.99 Å². The zero-order valence-electron chi connectivity index (χ0n) is 16.7. The number of guanidine groups is 1. The number of hydrogen-bond acceptors (Lipinski definition) is 3. The van der Waals surface area contributed by atoms with Gasteiger partial charge in [-0.05, 0) is 43.5 Å². The molecule has 1 N–H and O–H groups in total. The molecule has 1 aliphatic heterocycles. The van der Waals surface area contributed by atoms with Gasteiger partial charge in [-0.3, -0.25) is 4.79 Å². The highest BCUT2D eigenvalue weighted by atomic mass is 127. The van der Waals surface area contributed by atoms with Gasteiger partial charge in [-0.2, -0.15) is 0 Å². The Balaban J connectivity index is 0.00000364. The van der Waals surface area contributed by atoms with Crippen LogP contribution in [0.2, 0.25) is 0 Å². The predicted octanol–water partition coefficient (Wildman–Crippen LogP) is 2.85. The van der Waals surface area contributed by atoms with Crippen molar-refractivity contribution in [3.8, 4) is 5.75 Å². The van der Waals surface area contributed by atoms with Crippen molar-refractivity contribution in [1.29, 1.82) is 0 Å². The van der Waals surface area contributed by atoms with E-state index < -0.39 is 0 Å². The van der Waals surface area contributed by atoms with Gasteiger partial charge >= 0.3 is 0 Å². The highest BCUT2D eigenvalue weighted by Crippen LogP contribution is 2.24. The van der Waals surface area contributed by atoms with Gasteiger partial charge in [0, 0.05) is 33.7 Å². The molecule has 150 valence electrons. The summed E-state index contributed by atoms with van der Waals surface area (Å²) >= 11 is 0. The first kappa shape index (κ1) is 23.3. The average Bonchev–Trinajstić information content (AvgIpc) is 2.66. The van der Waals surface area contributed by atoms with E-state index in [0.29, 0.717) is 6.61 Å². The van der Waals surface area contributed by atoms with Crippen molar-refractivity contribution in [2.75, 3.05) is 46.9 Å². The van der Waals surface area contributed by atoms with Gasteiger partial charge in [-0.15, -0.1) is 24.0 Å². The van der Waals surface area contributed by atoms with Gasteiger partial charge in [0.05, 0.1) is 6.61 Å². The maximum Gasteiger partial charge on any atom is 0.243 e. The number of hydrogen-bond donors (Lipinski definition) is 1. The molecule has 27 heavy (non-hydrogen) atoms. The molecule has 0 fully saturated rings. The fraction of sp³-hybridized carbons (Fsp3) is 0.500. The van der Waals surface area contributed by atoms with Gasteiger partial charge in [0.2, 0.25) is 5.91 Å². The third-order valence-corrected chi connectivity index (χ3v) is 4.24. The lowest BCUT2D eigenvalue weighted by Crippen LogP contribution is -2.44. The van der Waals surface area contributed by atoms with Gasteiger partial charge in [0.1, 0.15) is 12.3 Å². The fourth-order valence-corrected chi connectivity index (χ4v) is 2.77. The van der Waals surface area contributed by atoms with Crippen LogP contribution in [0.3, 0.4) is 0 Å². The van der Waals surface area contributed by atoms with Crippen LogP contribution in [-0.4, -0.2) is 68.5 Å². The van der Waals surface area contributed by atoms with Crippen LogP contribution in [0.1, 0.15) is 25.8 Å². The number of carbonyl (C=O) groups is 1. The van der Waals surface area contributed by atoms with E-state index in [-0.39, 0.29) is 36.4 Å². The lowest BCUT2D eigenvalue weighted by molar-refractivity contribution is -0.127. The molecule has 0 saturated carbocycles. The molecular weight excluding hydrogens is 455 g/mol. The number of rotatable bonds is 6. The van der Waals surface area contributed by atoms with Crippen molar-refractivity contribution >= 4 is 41.4 Å². The Morgan fingerprint density at radius 3 is 2.48 bits per heavy atom. The zero-order chi connectivity index (χ0) is 18.9. The number of likely N-dealkylation sites (N-methyl/N-ethyl adjacent to an activating group) is 1. The first-order chi connectivity index (χ1) is 12.5. The summed E-state index contributed by atoms with van der Waals surface area (Å²) < 4.78 is 5.50. The van der Waals surface area contributed by atoms with E-state index >= 15 is 0 Å². The van der Waals surface area contributed by atoms with E-state index in [0.717, 1.165) is 37.8 Å². The molecule has 0 aromatic heterocycles. The SMILES string of the molecule is CCNC(=NCC(=O)N(C)C)N1CC=C(c2ccc(OCC)cc2)CC1.I. The molecule has 6 nitrogen and oxygen atoms in total. The number of benzene rings is 1. The summed E-state index contributed by atoms with van der Waals surface area (Å²) in [4.78, 5) is 20.0. The number of nitrogens with one attached hydrogen (secondary N) is 1. The Labute approximate surface area is 179 Å². The molecule has 1 aromatic rings. The largest absolute Gasteiger partial charge is 0.494 e. The van der Waals surface area contributed by atoms with Crippen LogP contribution in [0.25, 0.3) is 5.57 Å². The van der Waals surface area contributed by atoms with E-state index in [4.69, 9.17) is 4.74 Å². The van der Waals surface area contributed by atoms with Crippen LogP contribution in [0.4, 0.5) is 0 Å². The Hall–Kier alpha value is -1.77. The second kappa shape index (κ2) is 11.8. The topological polar surface area (TPSA) is 57.2 Å². The summed E-state index contributed by atoms with van der Waals surface area (Å²) in [5.74, 6) is 1.70. The number of amides is 1. The van der Waals surface area contributed by atoms with Crippen LogP contribution in [0.15, 0.2) is 35.3 Å². The second-order valence-electron chi connectivity index (χ2n) is 6.34. The third-order valence-electron chi connectivity index (χ3n) is 4.24. The first-order valence-electron chi connectivity index (χ1n) is 9.20. The molecule has 0 atom stereocenters. The van der Waals surface area contributed by atoms with Gasteiger partial charge in [-0.1, -0.05) is 18.2 Å². The lowest BCUT2D eigenvalue weighted by atomic mass is 9.99. The highest BCUT2D eigenvalue weighted by molar-refractivity contribution is 14.0. The monoisotopic (exact) mass is 486 g/mol. The molecule has 1 aliphatic rings. The number of aliphatic imine (C=N–C) groups is 1. The molecule has 0 radical (unpaired) electrons. The Kier molecular flexibility index (Phi) is 10.2. The maximum absolute atomic E-state index is 11.8. The molecule has 0 saturated heterocycles. The fourth-order valence-electron chi connectivity index (χ4n) is 2.77. The van der Waals surface area contributed by atoms with Crippen molar-refractivity contribution < 1.29 is 9.53 Å². The number of nitrogens with zero attached hydrogens (tertiary/aromatic N) is 3. The average molecular weight is 486 g/mol. The van der Waals surface area contributed by atoms with Crippen molar-refractivity contribution in [1.82, 2.24) is 15.1 Å². The third kappa shape index (κ3) is 7.04.